The molecule has 2 amide bonds. The van der Waals surface area contributed by atoms with Crippen molar-refractivity contribution in [2.75, 3.05) is 6.54 Å². The number of hydrogen-bond acceptors (Lipinski definition) is 4. The number of hydrogen-bond donors (Lipinski definition) is 3. The summed E-state index contributed by atoms with van der Waals surface area (Å²) in [6.45, 7) is 3.22. The molecule has 0 unspecified atom stereocenters. The van der Waals surface area contributed by atoms with Crippen LogP contribution in [0.15, 0.2) is 12.7 Å². The van der Waals surface area contributed by atoms with Gasteiger partial charge in [0.1, 0.15) is 6.42 Å². The van der Waals surface area contributed by atoms with Gasteiger partial charge in [0, 0.05) is 0 Å². The summed E-state index contributed by atoms with van der Waals surface area (Å²) in [5.41, 5.74) is 1.27. The highest BCUT2D eigenvalue weighted by molar-refractivity contribution is 5.95. The molecule has 0 rings (SSSR count). The second-order valence-corrected chi connectivity index (χ2v) is 1.98. The predicted octanol–water partition coefficient (Wildman–Crippen LogP) is -0.714. The number of nitrogens with one attached hydrogen (secondary N) is 1. The van der Waals surface area contributed by atoms with E-state index in [1.807, 2.05) is 0 Å². The molecule has 0 saturated heterocycles. The summed E-state index contributed by atoms with van der Waals surface area (Å²) < 4.78 is 0. The molecule has 0 aromatic heterocycles. The third-order valence-corrected chi connectivity index (χ3v) is 1.03. The number of rotatable bonds is 4. The molecule has 0 aliphatic carbocycles. The van der Waals surface area contributed by atoms with Gasteiger partial charge in [-0.2, -0.15) is 0 Å². The molecule has 0 fully saturated rings. The average Bonchev–Trinajstić information content (AvgIpc) is 2.04. The summed E-state index contributed by atoms with van der Waals surface area (Å²) >= 11 is 0. The van der Waals surface area contributed by atoms with Gasteiger partial charge in [0.25, 0.3) is 11.8 Å². The second kappa shape index (κ2) is 5.28. The molecule has 0 spiro atoms. The Morgan fingerprint density at radius 3 is 2.58 bits per heavy atom. The molecule has 0 aromatic rings. The lowest BCUT2D eigenvalue weighted by molar-refractivity contribution is -0.165. The molecule has 0 saturated carbocycles. The lowest BCUT2D eigenvalue weighted by atomic mass is 10.4. The van der Waals surface area contributed by atoms with Crippen LogP contribution in [0.4, 0.5) is 0 Å². The Labute approximate surface area is 69.0 Å². The van der Waals surface area contributed by atoms with Crippen LogP contribution in [0.25, 0.3) is 0 Å². The molecule has 3 N–H and O–H groups in total. The minimum absolute atomic E-state index is 0.0580. The SMILES string of the molecule is C=CCN(O)C(=O)CC(=O)NO. The first-order chi connectivity index (χ1) is 5.61. The summed E-state index contributed by atoms with van der Waals surface area (Å²) in [6.07, 6.45) is 0.704. The lowest BCUT2D eigenvalue weighted by Crippen LogP contribution is -2.32. The lowest BCUT2D eigenvalue weighted by Gasteiger charge is -2.10. The van der Waals surface area contributed by atoms with Gasteiger partial charge in [-0.3, -0.25) is 20.0 Å². The fraction of sp³-hybridized carbons (Fsp3) is 0.333. The summed E-state index contributed by atoms with van der Waals surface area (Å²) in [6, 6.07) is 0. The summed E-state index contributed by atoms with van der Waals surface area (Å²) in [7, 11) is 0. The van der Waals surface area contributed by atoms with E-state index < -0.39 is 18.2 Å². The molecular formula is C6H10N2O4. The molecule has 6 heteroatoms. The Kier molecular flexibility index (Phi) is 4.66. The number of carbonyl (C=O) groups excluding carboxylic acids is 2. The molecule has 0 bridgehead atoms. The van der Waals surface area contributed by atoms with Crippen molar-refractivity contribution >= 4 is 11.8 Å². The van der Waals surface area contributed by atoms with Crippen molar-refractivity contribution in [3.8, 4) is 0 Å². The Hall–Kier alpha value is -1.40. The van der Waals surface area contributed by atoms with E-state index in [9.17, 15) is 9.59 Å². The molecule has 0 aromatic carbocycles. The van der Waals surface area contributed by atoms with E-state index in [4.69, 9.17) is 10.4 Å². The van der Waals surface area contributed by atoms with E-state index in [1.54, 1.807) is 0 Å². The van der Waals surface area contributed by atoms with Gasteiger partial charge in [-0.1, -0.05) is 6.08 Å². The highest BCUT2D eigenvalue weighted by Crippen LogP contribution is 1.89. The third-order valence-electron chi connectivity index (χ3n) is 1.03. The maximum absolute atomic E-state index is 10.8. The van der Waals surface area contributed by atoms with Crippen molar-refractivity contribution in [3.63, 3.8) is 0 Å². The Morgan fingerprint density at radius 2 is 2.17 bits per heavy atom. The van der Waals surface area contributed by atoms with Crippen LogP contribution in [-0.2, 0) is 9.59 Å². The largest absolute Gasteiger partial charge is 0.289 e. The number of amides is 2. The standard InChI is InChI=1S/C6H10N2O4/c1-2-3-8(12)6(10)4-5(9)7-11/h2,11-12H,1,3-4H2,(H,7,9). The van der Waals surface area contributed by atoms with Crippen LogP contribution in [0.2, 0.25) is 0 Å². The number of nitrogens with zero attached hydrogens (tertiary/aromatic N) is 1. The van der Waals surface area contributed by atoms with Crippen LogP contribution < -0.4 is 5.48 Å². The predicted molar refractivity (Wildman–Crippen MR) is 38.2 cm³/mol. The molecule has 0 heterocycles. The molecule has 0 aliphatic heterocycles. The third kappa shape index (κ3) is 3.69. The Balaban J connectivity index is 3.86. The molecular weight excluding hydrogens is 164 g/mol. The van der Waals surface area contributed by atoms with Crippen molar-refractivity contribution in [2.24, 2.45) is 0 Å². The van der Waals surface area contributed by atoms with Crippen molar-refractivity contribution in [1.29, 1.82) is 0 Å². The maximum Gasteiger partial charge on any atom is 0.255 e. The first kappa shape index (κ1) is 10.6. The van der Waals surface area contributed by atoms with E-state index >= 15 is 0 Å². The summed E-state index contributed by atoms with van der Waals surface area (Å²) in [5.74, 6) is -1.68. The highest BCUT2D eigenvalue weighted by Gasteiger charge is 2.13. The van der Waals surface area contributed by atoms with Gasteiger partial charge in [-0.15, -0.1) is 6.58 Å². The zero-order valence-corrected chi connectivity index (χ0v) is 6.36. The summed E-state index contributed by atoms with van der Waals surface area (Å²) in [5, 5.41) is 17.2. The van der Waals surface area contributed by atoms with Gasteiger partial charge in [0.05, 0.1) is 6.54 Å². The van der Waals surface area contributed by atoms with E-state index in [2.05, 4.69) is 6.58 Å². The molecule has 68 valence electrons. The molecule has 12 heavy (non-hydrogen) atoms. The van der Waals surface area contributed by atoms with E-state index in [-0.39, 0.29) is 6.54 Å². The fourth-order valence-corrected chi connectivity index (χ4v) is 0.492. The van der Waals surface area contributed by atoms with Crippen LogP contribution in [-0.4, -0.2) is 33.8 Å². The zero-order valence-electron chi connectivity index (χ0n) is 6.36. The fourth-order valence-electron chi connectivity index (χ4n) is 0.492. The summed E-state index contributed by atoms with van der Waals surface area (Å²) in [4.78, 5) is 21.1. The first-order valence-electron chi connectivity index (χ1n) is 3.15. The van der Waals surface area contributed by atoms with Crippen LogP contribution in [0.5, 0.6) is 0 Å². The van der Waals surface area contributed by atoms with Crippen LogP contribution in [0.3, 0.4) is 0 Å². The van der Waals surface area contributed by atoms with Crippen molar-refractivity contribution < 1.29 is 20.0 Å². The average molecular weight is 174 g/mol. The van der Waals surface area contributed by atoms with Gasteiger partial charge in [0.15, 0.2) is 0 Å². The monoisotopic (exact) mass is 174 g/mol. The maximum atomic E-state index is 10.8. The molecule has 6 nitrogen and oxygen atoms in total. The Bertz CT molecular complexity index is 192. The van der Waals surface area contributed by atoms with Crippen LogP contribution >= 0.6 is 0 Å². The van der Waals surface area contributed by atoms with E-state index in [0.717, 1.165) is 0 Å². The topological polar surface area (TPSA) is 89.9 Å². The van der Waals surface area contributed by atoms with Gasteiger partial charge < -0.3 is 0 Å². The minimum Gasteiger partial charge on any atom is -0.289 e. The smallest absolute Gasteiger partial charge is 0.255 e. The molecule has 0 aliphatic rings. The van der Waals surface area contributed by atoms with Gasteiger partial charge in [0.2, 0.25) is 0 Å². The van der Waals surface area contributed by atoms with Crippen molar-refractivity contribution in [2.45, 2.75) is 6.42 Å². The van der Waals surface area contributed by atoms with Gasteiger partial charge >= 0.3 is 0 Å². The first-order valence-corrected chi connectivity index (χ1v) is 3.15. The van der Waals surface area contributed by atoms with Crippen LogP contribution in [0.1, 0.15) is 6.42 Å². The number of hydroxylamine groups is 3. The van der Waals surface area contributed by atoms with Gasteiger partial charge in [-0.05, 0) is 0 Å². The number of carbonyl (C=O) groups is 2. The van der Waals surface area contributed by atoms with Gasteiger partial charge in [-0.25, -0.2) is 10.5 Å². The van der Waals surface area contributed by atoms with E-state index in [0.29, 0.717) is 5.06 Å². The minimum atomic E-state index is -0.872. The zero-order chi connectivity index (χ0) is 9.56. The normalized spacial score (nSPS) is 8.83. The molecule has 0 radical (unpaired) electrons. The van der Waals surface area contributed by atoms with Crippen LogP contribution in [0, 0.1) is 0 Å². The molecule has 0 atom stereocenters. The highest BCUT2D eigenvalue weighted by atomic mass is 16.5. The van der Waals surface area contributed by atoms with E-state index in [1.165, 1.54) is 11.6 Å². The van der Waals surface area contributed by atoms with Crippen molar-refractivity contribution in [3.05, 3.63) is 12.7 Å². The Morgan fingerprint density at radius 1 is 1.58 bits per heavy atom. The second-order valence-electron chi connectivity index (χ2n) is 1.98. The quantitative estimate of drug-likeness (QED) is 0.227. The van der Waals surface area contributed by atoms with Crippen molar-refractivity contribution in [1.82, 2.24) is 10.5 Å².